The molecule has 1 heterocycles. The van der Waals surface area contributed by atoms with Crippen molar-refractivity contribution >= 4 is 28.9 Å². The lowest BCUT2D eigenvalue weighted by Crippen LogP contribution is -2.20. The average molecular weight is 309 g/mol. The molecule has 0 spiro atoms. The predicted octanol–water partition coefficient (Wildman–Crippen LogP) is 2.70. The van der Waals surface area contributed by atoms with Crippen molar-refractivity contribution < 1.29 is 9.72 Å². The first kappa shape index (κ1) is 15.0. The van der Waals surface area contributed by atoms with E-state index in [2.05, 4.69) is 10.4 Å². The summed E-state index contributed by atoms with van der Waals surface area (Å²) in [5.41, 5.74) is 1.18. The van der Waals surface area contributed by atoms with Crippen LogP contribution in [-0.2, 0) is 11.3 Å². The van der Waals surface area contributed by atoms with Crippen molar-refractivity contribution in [1.82, 2.24) is 9.78 Å². The summed E-state index contributed by atoms with van der Waals surface area (Å²) in [7, 11) is 0. The molecule has 7 nitrogen and oxygen atoms in total. The Morgan fingerprint density at radius 2 is 2.00 bits per heavy atom. The second-order valence-corrected chi connectivity index (χ2v) is 4.93. The molecule has 0 saturated heterocycles. The molecule has 0 aliphatic carbocycles. The molecule has 0 aliphatic heterocycles. The van der Waals surface area contributed by atoms with Gasteiger partial charge in [0.2, 0.25) is 5.91 Å². The number of anilines is 1. The van der Waals surface area contributed by atoms with Gasteiger partial charge in [0.1, 0.15) is 17.9 Å². The van der Waals surface area contributed by atoms with E-state index >= 15 is 0 Å². The zero-order chi connectivity index (χ0) is 15.6. The molecule has 1 amide bonds. The molecule has 0 bridgehead atoms. The van der Waals surface area contributed by atoms with Gasteiger partial charge in [-0.15, -0.1) is 0 Å². The standard InChI is InChI=1S/C13H13ClN4O3/c1-8-13(18(20)21)9(2)17(16-8)7-12(19)15-11-5-3-10(14)4-6-11/h3-6H,7H2,1-2H3,(H,15,19). The number of halogens is 1. The highest BCUT2D eigenvalue weighted by atomic mass is 35.5. The highest BCUT2D eigenvalue weighted by Crippen LogP contribution is 2.21. The lowest BCUT2D eigenvalue weighted by Gasteiger charge is -2.06. The van der Waals surface area contributed by atoms with Crippen LogP contribution in [0.15, 0.2) is 24.3 Å². The van der Waals surface area contributed by atoms with Crippen molar-refractivity contribution in [2.24, 2.45) is 0 Å². The van der Waals surface area contributed by atoms with Gasteiger partial charge in [0.25, 0.3) is 0 Å². The van der Waals surface area contributed by atoms with Crippen molar-refractivity contribution in [3.63, 3.8) is 0 Å². The first-order valence-electron chi connectivity index (χ1n) is 6.12. The van der Waals surface area contributed by atoms with Crippen molar-refractivity contribution in [2.75, 3.05) is 5.32 Å². The molecular formula is C13H13ClN4O3. The van der Waals surface area contributed by atoms with Crippen molar-refractivity contribution in [1.29, 1.82) is 0 Å². The number of aromatic nitrogens is 2. The van der Waals surface area contributed by atoms with Gasteiger partial charge in [-0.05, 0) is 38.1 Å². The van der Waals surface area contributed by atoms with Gasteiger partial charge < -0.3 is 5.32 Å². The second kappa shape index (κ2) is 5.92. The number of benzene rings is 1. The van der Waals surface area contributed by atoms with E-state index in [0.29, 0.717) is 16.4 Å². The Morgan fingerprint density at radius 1 is 1.38 bits per heavy atom. The lowest BCUT2D eigenvalue weighted by molar-refractivity contribution is -0.386. The number of rotatable bonds is 4. The van der Waals surface area contributed by atoms with Crippen LogP contribution in [0.25, 0.3) is 0 Å². The van der Waals surface area contributed by atoms with Crippen molar-refractivity contribution in [3.8, 4) is 0 Å². The lowest BCUT2D eigenvalue weighted by atomic mass is 10.3. The number of amides is 1. The van der Waals surface area contributed by atoms with Gasteiger partial charge in [0.15, 0.2) is 0 Å². The molecule has 0 unspecified atom stereocenters. The van der Waals surface area contributed by atoms with Crippen LogP contribution in [0.4, 0.5) is 11.4 Å². The molecule has 0 fully saturated rings. The smallest absolute Gasteiger partial charge is 0.312 e. The van der Waals surface area contributed by atoms with E-state index < -0.39 is 4.92 Å². The molecule has 21 heavy (non-hydrogen) atoms. The molecule has 8 heteroatoms. The summed E-state index contributed by atoms with van der Waals surface area (Å²) in [5.74, 6) is -0.321. The van der Waals surface area contributed by atoms with Crippen LogP contribution >= 0.6 is 11.6 Å². The molecule has 0 aliphatic rings. The molecule has 1 aromatic carbocycles. The number of aryl methyl sites for hydroxylation is 1. The fraction of sp³-hybridized carbons (Fsp3) is 0.231. The van der Waals surface area contributed by atoms with E-state index in [0.717, 1.165) is 0 Å². The van der Waals surface area contributed by atoms with Gasteiger partial charge in [-0.3, -0.25) is 19.6 Å². The van der Waals surface area contributed by atoms with Gasteiger partial charge in [-0.25, -0.2) is 0 Å². The van der Waals surface area contributed by atoms with Gasteiger partial charge in [-0.1, -0.05) is 11.6 Å². The minimum atomic E-state index is -0.495. The third-order valence-electron chi connectivity index (χ3n) is 2.95. The van der Waals surface area contributed by atoms with Crippen LogP contribution in [0.5, 0.6) is 0 Å². The molecule has 0 saturated carbocycles. The normalized spacial score (nSPS) is 10.4. The van der Waals surface area contributed by atoms with E-state index in [1.165, 1.54) is 4.68 Å². The first-order chi connectivity index (χ1) is 9.88. The zero-order valence-electron chi connectivity index (χ0n) is 11.5. The number of carbonyl (C=O) groups is 1. The van der Waals surface area contributed by atoms with Crippen LogP contribution in [-0.4, -0.2) is 20.6 Å². The quantitative estimate of drug-likeness (QED) is 0.694. The van der Waals surface area contributed by atoms with Crippen LogP contribution in [0.2, 0.25) is 5.02 Å². The molecular weight excluding hydrogens is 296 g/mol. The number of carbonyl (C=O) groups excluding carboxylic acids is 1. The average Bonchev–Trinajstić information content (AvgIpc) is 2.67. The van der Waals surface area contributed by atoms with Gasteiger partial charge >= 0.3 is 5.69 Å². The Hall–Kier alpha value is -2.41. The summed E-state index contributed by atoms with van der Waals surface area (Å²) in [6.45, 7) is 3.01. The summed E-state index contributed by atoms with van der Waals surface area (Å²) in [6, 6.07) is 6.66. The number of nitrogens with one attached hydrogen (secondary N) is 1. The Kier molecular flexibility index (Phi) is 4.23. The maximum absolute atomic E-state index is 11.9. The Labute approximate surface area is 125 Å². The number of hydrogen-bond donors (Lipinski definition) is 1. The Bertz CT molecular complexity index is 694. The molecule has 2 aromatic rings. The third kappa shape index (κ3) is 3.38. The highest BCUT2D eigenvalue weighted by Gasteiger charge is 2.22. The largest absolute Gasteiger partial charge is 0.324 e. The maximum Gasteiger partial charge on any atom is 0.312 e. The second-order valence-electron chi connectivity index (χ2n) is 4.49. The minimum Gasteiger partial charge on any atom is -0.324 e. The molecule has 2 rings (SSSR count). The summed E-state index contributed by atoms with van der Waals surface area (Å²) >= 11 is 5.76. The van der Waals surface area contributed by atoms with E-state index in [1.807, 2.05) is 0 Å². The number of hydrogen-bond acceptors (Lipinski definition) is 4. The van der Waals surface area contributed by atoms with Crippen molar-refractivity contribution in [3.05, 3.63) is 50.8 Å². The monoisotopic (exact) mass is 308 g/mol. The summed E-state index contributed by atoms with van der Waals surface area (Å²) in [4.78, 5) is 22.3. The van der Waals surface area contributed by atoms with Crippen LogP contribution in [0.3, 0.4) is 0 Å². The van der Waals surface area contributed by atoms with Gasteiger partial charge in [0.05, 0.1) is 4.92 Å². The minimum absolute atomic E-state index is 0.0608. The summed E-state index contributed by atoms with van der Waals surface area (Å²) < 4.78 is 1.32. The van der Waals surface area contributed by atoms with Crippen LogP contribution in [0.1, 0.15) is 11.4 Å². The van der Waals surface area contributed by atoms with Crippen LogP contribution < -0.4 is 5.32 Å². The highest BCUT2D eigenvalue weighted by molar-refractivity contribution is 6.30. The summed E-state index contributed by atoms with van der Waals surface area (Å²) in [5, 5.41) is 18.2. The Morgan fingerprint density at radius 3 is 2.52 bits per heavy atom. The SMILES string of the molecule is Cc1nn(CC(=O)Nc2ccc(Cl)cc2)c(C)c1[N+](=O)[O-]. The van der Waals surface area contributed by atoms with E-state index in [9.17, 15) is 14.9 Å². The molecule has 0 atom stereocenters. The predicted molar refractivity (Wildman–Crippen MR) is 78.4 cm³/mol. The van der Waals surface area contributed by atoms with Crippen LogP contribution in [0, 0.1) is 24.0 Å². The molecule has 110 valence electrons. The number of nitro groups is 1. The fourth-order valence-corrected chi connectivity index (χ4v) is 2.10. The van der Waals surface area contributed by atoms with Crippen molar-refractivity contribution in [2.45, 2.75) is 20.4 Å². The molecule has 0 radical (unpaired) electrons. The van der Waals surface area contributed by atoms with Gasteiger partial charge in [-0.2, -0.15) is 5.10 Å². The Balaban J connectivity index is 2.11. The van der Waals surface area contributed by atoms with Gasteiger partial charge in [0, 0.05) is 10.7 Å². The fourth-order valence-electron chi connectivity index (χ4n) is 1.98. The van der Waals surface area contributed by atoms with E-state index in [-0.39, 0.29) is 23.8 Å². The topological polar surface area (TPSA) is 90.1 Å². The van der Waals surface area contributed by atoms with E-state index in [1.54, 1.807) is 38.1 Å². The third-order valence-corrected chi connectivity index (χ3v) is 3.20. The zero-order valence-corrected chi connectivity index (χ0v) is 12.2. The maximum atomic E-state index is 11.9. The van der Waals surface area contributed by atoms with E-state index in [4.69, 9.17) is 11.6 Å². The summed E-state index contributed by atoms with van der Waals surface area (Å²) in [6.07, 6.45) is 0. The molecule has 1 aromatic heterocycles. The molecule has 1 N–H and O–H groups in total. The number of nitrogens with zero attached hydrogens (tertiary/aromatic N) is 3. The first-order valence-corrected chi connectivity index (χ1v) is 6.50.